The number of carbonyl (C=O) groups is 2. The second-order valence-electron chi connectivity index (χ2n) is 6.20. The molecule has 0 aliphatic heterocycles. The van der Waals surface area contributed by atoms with Gasteiger partial charge in [-0.2, -0.15) is 0 Å². The Kier molecular flexibility index (Phi) is 5.41. The van der Waals surface area contributed by atoms with E-state index in [2.05, 4.69) is 10.6 Å². The van der Waals surface area contributed by atoms with Gasteiger partial charge in [0.25, 0.3) is 0 Å². The van der Waals surface area contributed by atoms with E-state index in [1.54, 1.807) is 26.4 Å². The molecule has 1 saturated carbocycles. The van der Waals surface area contributed by atoms with Gasteiger partial charge in [0.1, 0.15) is 11.5 Å². The topological polar surface area (TPSA) is 76.7 Å². The summed E-state index contributed by atoms with van der Waals surface area (Å²) in [4.78, 5) is 24.6. The first-order valence-electron chi connectivity index (χ1n) is 8.47. The lowest BCUT2D eigenvalue weighted by molar-refractivity contribution is -0.125. The van der Waals surface area contributed by atoms with Crippen LogP contribution in [-0.2, 0) is 16.1 Å². The van der Waals surface area contributed by atoms with E-state index in [4.69, 9.17) is 9.47 Å². The lowest BCUT2D eigenvalue weighted by Gasteiger charge is -2.10. The monoisotopic (exact) mass is 354 g/mol. The van der Waals surface area contributed by atoms with Crippen LogP contribution in [0.2, 0.25) is 0 Å². The summed E-state index contributed by atoms with van der Waals surface area (Å²) >= 11 is 0. The van der Waals surface area contributed by atoms with Crippen LogP contribution in [-0.4, -0.2) is 26.0 Å². The molecular formula is C20H22N2O4. The second kappa shape index (κ2) is 7.91. The molecule has 2 unspecified atom stereocenters. The lowest BCUT2D eigenvalue weighted by atomic mass is 10.2. The van der Waals surface area contributed by atoms with E-state index in [0.29, 0.717) is 24.4 Å². The van der Waals surface area contributed by atoms with Crippen LogP contribution in [0.25, 0.3) is 0 Å². The molecule has 2 atom stereocenters. The van der Waals surface area contributed by atoms with Crippen molar-refractivity contribution >= 4 is 17.5 Å². The van der Waals surface area contributed by atoms with Crippen molar-refractivity contribution in [1.29, 1.82) is 0 Å². The molecule has 2 aromatic rings. The Bertz CT molecular complexity index is 789. The van der Waals surface area contributed by atoms with E-state index in [1.807, 2.05) is 36.4 Å². The number of nitrogens with one attached hydrogen (secondary N) is 2. The summed E-state index contributed by atoms with van der Waals surface area (Å²) in [6.45, 7) is 0.431. The molecule has 3 rings (SSSR count). The molecule has 2 aromatic carbocycles. The number of hydrogen-bond donors (Lipinski definition) is 2. The molecule has 0 spiro atoms. The molecule has 6 heteroatoms. The molecule has 1 fully saturated rings. The molecule has 26 heavy (non-hydrogen) atoms. The van der Waals surface area contributed by atoms with E-state index < -0.39 is 0 Å². The third-order valence-corrected chi connectivity index (χ3v) is 4.45. The predicted molar refractivity (Wildman–Crippen MR) is 98.1 cm³/mol. The van der Waals surface area contributed by atoms with Crippen molar-refractivity contribution in [1.82, 2.24) is 5.32 Å². The molecule has 0 saturated heterocycles. The minimum Gasteiger partial charge on any atom is -0.497 e. The molecule has 1 aliphatic carbocycles. The number of carbonyl (C=O) groups excluding carboxylic acids is 2. The normalized spacial score (nSPS) is 17.9. The third-order valence-electron chi connectivity index (χ3n) is 4.45. The van der Waals surface area contributed by atoms with Crippen molar-refractivity contribution < 1.29 is 19.1 Å². The Morgan fingerprint density at radius 1 is 0.962 bits per heavy atom. The number of benzene rings is 2. The molecule has 6 nitrogen and oxygen atoms in total. The lowest BCUT2D eigenvalue weighted by Crippen LogP contribution is -2.27. The van der Waals surface area contributed by atoms with Gasteiger partial charge >= 0.3 is 0 Å². The summed E-state index contributed by atoms with van der Waals surface area (Å²) in [5.41, 5.74) is 1.60. The fourth-order valence-electron chi connectivity index (χ4n) is 2.81. The van der Waals surface area contributed by atoms with Crippen molar-refractivity contribution in [3.8, 4) is 11.5 Å². The van der Waals surface area contributed by atoms with Crippen LogP contribution in [0.4, 0.5) is 5.69 Å². The smallest absolute Gasteiger partial charge is 0.228 e. The van der Waals surface area contributed by atoms with Gasteiger partial charge in [-0.3, -0.25) is 9.59 Å². The first kappa shape index (κ1) is 17.8. The highest BCUT2D eigenvalue weighted by Gasteiger charge is 2.48. The molecular weight excluding hydrogens is 332 g/mol. The Balaban J connectivity index is 1.49. The van der Waals surface area contributed by atoms with Crippen LogP contribution in [0.15, 0.2) is 48.5 Å². The summed E-state index contributed by atoms with van der Waals surface area (Å²) in [5.74, 6) is 0.552. The van der Waals surface area contributed by atoms with Crippen molar-refractivity contribution in [2.24, 2.45) is 11.8 Å². The summed E-state index contributed by atoms with van der Waals surface area (Å²) in [7, 11) is 3.16. The summed E-state index contributed by atoms with van der Waals surface area (Å²) in [6.07, 6.45) is 0.565. The quantitative estimate of drug-likeness (QED) is 0.801. The average molecular weight is 354 g/mol. The first-order valence-corrected chi connectivity index (χ1v) is 8.47. The van der Waals surface area contributed by atoms with Crippen molar-refractivity contribution in [3.63, 3.8) is 0 Å². The zero-order valence-electron chi connectivity index (χ0n) is 14.8. The molecule has 2 N–H and O–H groups in total. The molecule has 2 amide bonds. The van der Waals surface area contributed by atoms with Gasteiger partial charge in [-0.1, -0.05) is 24.3 Å². The molecule has 0 radical (unpaired) electrons. The Morgan fingerprint density at radius 3 is 2.35 bits per heavy atom. The maximum Gasteiger partial charge on any atom is 0.228 e. The van der Waals surface area contributed by atoms with E-state index in [9.17, 15) is 9.59 Å². The Labute approximate surface area is 152 Å². The Morgan fingerprint density at radius 2 is 1.65 bits per heavy atom. The van der Waals surface area contributed by atoms with Gasteiger partial charge in [-0.25, -0.2) is 0 Å². The van der Waals surface area contributed by atoms with Crippen LogP contribution in [0.1, 0.15) is 12.0 Å². The summed E-state index contributed by atoms with van der Waals surface area (Å²) in [5, 5.41) is 5.72. The number of ether oxygens (including phenoxy) is 2. The maximum atomic E-state index is 12.3. The molecule has 136 valence electrons. The molecule has 1 aliphatic rings. The van der Waals surface area contributed by atoms with E-state index >= 15 is 0 Å². The van der Waals surface area contributed by atoms with Crippen LogP contribution < -0.4 is 20.1 Å². The fourth-order valence-corrected chi connectivity index (χ4v) is 2.81. The molecule has 0 bridgehead atoms. The van der Waals surface area contributed by atoms with Gasteiger partial charge in [0, 0.05) is 6.54 Å². The van der Waals surface area contributed by atoms with E-state index in [-0.39, 0.29) is 23.7 Å². The maximum absolute atomic E-state index is 12.3. The number of anilines is 1. The van der Waals surface area contributed by atoms with Crippen molar-refractivity contribution in [3.05, 3.63) is 54.1 Å². The van der Waals surface area contributed by atoms with Gasteiger partial charge in [0.2, 0.25) is 11.8 Å². The fraction of sp³-hybridized carbons (Fsp3) is 0.300. The highest BCUT2D eigenvalue weighted by molar-refractivity contribution is 6.00. The standard InChI is InChI=1S/C20H22N2O4/c1-25-14-9-7-13(8-10-14)12-21-19(23)15-11-16(15)20(24)22-17-5-3-4-6-18(17)26-2/h3-10,15-16H,11-12H2,1-2H3,(H,21,23)(H,22,24). The van der Waals surface area contributed by atoms with Crippen LogP contribution in [0.5, 0.6) is 11.5 Å². The van der Waals surface area contributed by atoms with Crippen LogP contribution in [0, 0.1) is 11.8 Å². The van der Waals surface area contributed by atoms with Gasteiger partial charge in [-0.05, 0) is 36.2 Å². The minimum atomic E-state index is -0.296. The van der Waals surface area contributed by atoms with Gasteiger partial charge in [-0.15, -0.1) is 0 Å². The summed E-state index contributed by atoms with van der Waals surface area (Å²) < 4.78 is 10.3. The first-order chi connectivity index (χ1) is 12.6. The zero-order chi connectivity index (χ0) is 18.5. The number of rotatable bonds is 7. The third kappa shape index (κ3) is 4.14. The van der Waals surface area contributed by atoms with Gasteiger partial charge < -0.3 is 20.1 Å². The number of hydrogen-bond acceptors (Lipinski definition) is 4. The van der Waals surface area contributed by atoms with E-state index in [0.717, 1.165) is 11.3 Å². The largest absolute Gasteiger partial charge is 0.497 e. The summed E-state index contributed by atoms with van der Waals surface area (Å²) in [6, 6.07) is 14.7. The number of para-hydroxylation sites is 2. The average Bonchev–Trinajstić information content (AvgIpc) is 3.48. The van der Waals surface area contributed by atoms with Crippen molar-refractivity contribution in [2.75, 3.05) is 19.5 Å². The number of methoxy groups -OCH3 is 2. The molecule has 0 heterocycles. The van der Waals surface area contributed by atoms with Crippen molar-refractivity contribution in [2.45, 2.75) is 13.0 Å². The van der Waals surface area contributed by atoms with Gasteiger partial charge in [0.15, 0.2) is 0 Å². The zero-order valence-corrected chi connectivity index (χ0v) is 14.8. The van der Waals surface area contributed by atoms with Crippen LogP contribution >= 0.6 is 0 Å². The minimum absolute atomic E-state index is 0.0963. The second-order valence-corrected chi connectivity index (χ2v) is 6.20. The predicted octanol–water partition coefficient (Wildman–Crippen LogP) is 2.59. The Hall–Kier alpha value is -3.02. The molecule has 0 aromatic heterocycles. The van der Waals surface area contributed by atoms with Crippen LogP contribution in [0.3, 0.4) is 0 Å². The highest BCUT2D eigenvalue weighted by Crippen LogP contribution is 2.40. The SMILES string of the molecule is COc1ccc(CNC(=O)C2CC2C(=O)Nc2ccccc2OC)cc1. The van der Waals surface area contributed by atoms with Gasteiger partial charge in [0.05, 0.1) is 31.7 Å². The number of amides is 2. The highest BCUT2D eigenvalue weighted by atomic mass is 16.5. The van der Waals surface area contributed by atoms with E-state index in [1.165, 1.54) is 0 Å².